The molecule has 1 heterocycles. The maximum absolute atomic E-state index is 12.3. The maximum Gasteiger partial charge on any atom is 0.288 e. The first-order chi connectivity index (χ1) is 11.5. The number of fused-ring (bicyclic) bond motifs is 1. The van der Waals surface area contributed by atoms with Gasteiger partial charge in [0.15, 0.2) is 5.13 Å². The molecular formula is C15H10ClN3O4S. The van der Waals surface area contributed by atoms with Crippen molar-refractivity contribution < 1.29 is 14.5 Å². The van der Waals surface area contributed by atoms with Crippen LogP contribution in [0.1, 0.15) is 10.4 Å². The first-order valence-electron chi connectivity index (χ1n) is 6.68. The molecule has 0 atom stereocenters. The lowest BCUT2D eigenvalue weighted by atomic mass is 10.2. The number of hydrogen-bond acceptors (Lipinski definition) is 6. The molecule has 0 aliphatic rings. The highest BCUT2D eigenvalue weighted by atomic mass is 35.5. The Morgan fingerprint density at radius 3 is 2.83 bits per heavy atom. The Bertz CT molecular complexity index is 957. The number of amides is 1. The molecule has 0 spiro atoms. The van der Waals surface area contributed by atoms with Crippen molar-refractivity contribution in [1.82, 2.24) is 4.98 Å². The standard InChI is InChI=1S/C15H10ClN3O4S/c1-23-9-3-5-11-13(7-9)24-15(17-11)18-14(20)8-2-4-10(16)12(6-8)19(21)22/h2-7H,1H3,(H,17,18,20). The SMILES string of the molecule is COc1ccc2nc(NC(=O)c3ccc(Cl)c([N+](=O)[O-])c3)sc2c1. The third kappa shape index (κ3) is 3.15. The van der Waals surface area contributed by atoms with Gasteiger partial charge < -0.3 is 4.74 Å². The van der Waals surface area contributed by atoms with Crippen LogP contribution in [0.5, 0.6) is 5.75 Å². The van der Waals surface area contributed by atoms with Crippen LogP contribution in [0.3, 0.4) is 0 Å². The topological polar surface area (TPSA) is 94.4 Å². The van der Waals surface area contributed by atoms with E-state index in [2.05, 4.69) is 10.3 Å². The third-order valence-electron chi connectivity index (χ3n) is 3.22. The number of rotatable bonds is 4. The van der Waals surface area contributed by atoms with E-state index < -0.39 is 10.8 Å². The summed E-state index contributed by atoms with van der Waals surface area (Å²) < 4.78 is 6.00. The second-order valence-electron chi connectivity index (χ2n) is 4.73. The van der Waals surface area contributed by atoms with Crippen molar-refractivity contribution in [3.63, 3.8) is 0 Å². The second-order valence-corrected chi connectivity index (χ2v) is 6.17. The van der Waals surface area contributed by atoms with E-state index >= 15 is 0 Å². The molecule has 24 heavy (non-hydrogen) atoms. The van der Waals surface area contributed by atoms with Gasteiger partial charge in [-0.05, 0) is 30.3 Å². The highest BCUT2D eigenvalue weighted by Crippen LogP contribution is 2.30. The maximum atomic E-state index is 12.3. The molecule has 0 fully saturated rings. The largest absolute Gasteiger partial charge is 0.497 e. The second kappa shape index (κ2) is 6.42. The Balaban J connectivity index is 1.87. The van der Waals surface area contributed by atoms with Gasteiger partial charge in [-0.25, -0.2) is 4.98 Å². The van der Waals surface area contributed by atoms with Gasteiger partial charge in [0, 0.05) is 11.6 Å². The zero-order valence-corrected chi connectivity index (χ0v) is 13.9. The van der Waals surface area contributed by atoms with Crippen LogP contribution >= 0.6 is 22.9 Å². The van der Waals surface area contributed by atoms with Gasteiger partial charge in [-0.1, -0.05) is 22.9 Å². The highest BCUT2D eigenvalue weighted by Gasteiger charge is 2.17. The fourth-order valence-corrected chi connectivity index (χ4v) is 3.12. The van der Waals surface area contributed by atoms with Crippen LogP contribution in [0.2, 0.25) is 5.02 Å². The number of aromatic nitrogens is 1. The predicted octanol–water partition coefficient (Wildman–Crippen LogP) is 4.12. The molecular weight excluding hydrogens is 354 g/mol. The van der Waals surface area contributed by atoms with Crippen LogP contribution in [0, 0.1) is 10.1 Å². The van der Waals surface area contributed by atoms with Crippen molar-refractivity contribution in [1.29, 1.82) is 0 Å². The summed E-state index contributed by atoms with van der Waals surface area (Å²) in [7, 11) is 1.57. The Kier molecular flexibility index (Phi) is 4.32. The lowest BCUT2D eigenvalue weighted by molar-refractivity contribution is -0.384. The fraction of sp³-hybridized carbons (Fsp3) is 0.0667. The van der Waals surface area contributed by atoms with Crippen molar-refractivity contribution in [2.75, 3.05) is 12.4 Å². The molecule has 0 bridgehead atoms. The minimum Gasteiger partial charge on any atom is -0.497 e. The van der Waals surface area contributed by atoms with Gasteiger partial charge in [0.25, 0.3) is 11.6 Å². The third-order valence-corrected chi connectivity index (χ3v) is 4.47. The van der Waals surface area contributed by atoms with Gasteiger partial charge in [-0.15, -0.1) is 0 Å². The molecule has 1 amide bonds. The van der Waals surface area contributed by atoms with Gasteiger partial charge >= 0.3 is 0 Å². The highest BCUT2D eigenvalue weighted by molar-refractivity contribution is 7.22. The first kappa shape index (κ1) is 16.2. The molecule has 1 aromatic heterocycles. The number of thiazole rings is 1. The van der Waals surface area contributed by atoms with Crippen LogP contribution < -0.4 is 10.1 Å². The number of benzene rings is 2. The minimum absolute atomic E-state index is 0.0244. The molecule has 0 radical (unpaired) electrons. The molecule has 9 heteroatoms. The molecule has 0 unspecified atom stereocenters. The predicted molar refractivity (Wildman–Crippen MR) is 92.2 cm³/mol. The van der Waals surface area contributed by atoms with E-state index in [0.717, 1.165) is 16.3 Å². The number of halogens is 1. The van der Waals surface area contributed by atoms with Crippen LogP contribution in [-0.4, -0.2) is 22.9 Å². The summed E-state index contributed by atoms with van der Waals surface area (Å²) in [4.78, 5) is 26.8. The molecule has 1 N–H and O–H groups in total. The van der Waals surface area contributed by atoms with Gasteiger partial charge in [-0.3, -0.25) is 20.2 Å². The van der Waals surface area contributed by atoms with Crippen molar-refractivity contribution in [3.8, 4) is 5.75 Å². The van der Waals surface area contributed by atoms with E-state index in [1.807, 2.05) is 6.07 Å². The monoisotopic (exact) mass is 363 g/mol. The van der Waals surface area contributed by atoms with Crippen LogP contribution in [0.4, 0.5) is 10.8 Å². The van der Waals surface area contributed by atoms with Crippen LogP contribution in [0.15, 0.2) is 36.4 Å². The normalized spacial score (nSPS) is 10.6. The van der Waals surface area contributed by atoms with E-state index in [4.69, 9.17) is 16.3 Å². The smallest absolute Gasteiger partial charge is 0.288 e. The van der Waals surface area contributed by atoms with E-state index in [0.29, 0.717) is 10.9 Å². The lowest BCUT2D eigenvalue weighted by Crippen LogP contribution is -2.11. The number of methoxy groups -OCH3 is 1. The number of nitrogens with zero attached hydrogens (tertiary/aromatic N) is 2. The van der Waals surface area contributed by atoms with E-state index in [-0.39, 0.29) is 16.3 Å². The number of nitro benzene ring substituents is 1. The number of anilines is 1. The van der Waals surface area contributed by atoms with Crippen molar-refractivity contribution >= 4 is 49.9 Å². The lowest BCUT2D eigenvalue weighted by Gasteiger charge is -2.02. The van der Waals surface area contributed by atoms with Crippen molar-refractivity contribution in [2.45, 2.75) is 0 Å². The summed E-state index contributed by atoms with van der Waals surface area (Å²) in [5.74, 6) is 0.193. The number of nitro groups is 1. The molecule has 7 nitrogen and oxygen atoms in total. The Labute approximate surface area is 145 Å². The van der Waals surface area contributed by atoms with Crippen molar-refractivity contribution in [3.05, 3.63) is 57.1 Å². The Morgan fingerprint density at radius 2 is 2.12 bits per heavy atom. The zero-order chi connectivity index (χ0) is 17.3. The number of carbonyl (C=O) groups is 1. The van der Waals surface area contributed by atoms with E-state index in [9.17, 15) is 14.9 Å². The number of hydrogen-bond donors (Lipinski definition) is 1. The molecule has 0 aliphatic carbocycles. The Hall–Kier alpha value is -2.71. The molecule has 3 aromatic rings. The quantitative estimate of drug-likeness (QED) is 0.555. The summed E-state index contributed by atoms with van der Waals surface area (Å²) in [6, 6.07) is 9.24. The van der Waals surface area contributed by atoms with Gasteiger partial charge in [0.2, 0.25) is 0 Å². The van der Waals surface area contributed by atoms with Crippen LogP contribution in [-0.2, 0) is 0 Å². The minimum atomic E-state index is -0.636. The van der Waals surface area contributed by atoms with Gasteiger partial charge in [0.05, 0.1) is 22.2 Å². The average Bonchev–Trinajstić information content (AvgIpc) is 2.95. The molecule has 3 rings (SSSR count). The van der Waals surface area contributed by atoms with Gasteiger partial charge in [-0.2, -0.15) is 0 Å². The molecule has 0 saturated heterocycles. The van der Waals surface area contributed by atoms with E-state index in [1.54, 1.807) is 19.2 Å². The molecule has 0 saturated carbocycles. The molecule has 122 valence electrons. The zero-order valence-electron chi connectivity index (χ0n) is 12.3. The molecule has 0 aliphatic heterocycles. The number of nitrogens with one attached hydrogen (secondary N) is 1. The molecule has 2 aromatic carbocycles. The fourth-order valence-electron chi connectivity index (χ4n) is 2.05. The summed E-state index contributed by atoms with van der Waals surface area (Å²) in [5, 5.41) is 13.9. The van der Waals surface area contributed by atoms with Gasteiger partial charge in [0.1, 0.15) is 10.8 Å². The number of carbonyl (C=O) groups excluding carboxylic acids is 1. The average molecular weight is 364 g/mol. The van der Waals surface area contributed by atoms with Crippen molar-refractivity contribution in [2.24, 2.45) is 0 Å². The summed E-state index contributed by atoms with van der Waals surface area (Å²) >= 11 is 7.02. The van der Waals surface area contributed by atoms with E-state index in [1.165, 1.54) is 23.5 Å². The summed E-state index contributed by atoms with van der Waals surface area (Å²) in [6.45, 7) is 0. The van der Waals surface area contributed by atoms with Crippen LogP contribution in [0.25, 0.3) is 10.2 Å². The first-order valence-corrected chi connectivity index (χ1v) is 7.87. The summed E-state index contributed by atoms with van der Waals surface area (Å²) in [5.41, 5.74) is 0.527. The Morgan fingerprint density at radius 1 is 1.33 bits per heavy atom. The summed E-state index contributed by atoms with van der Waals surface area (Å²) in [6.07, 6.45) is 0. The number of ether oxygens (including phenoxy) is 1.